The largest absolute Gasteiger partial charge is 0.416 e. The summed E-state index contributed by atoms with van der Waals surface area (Å²) >= 11 is 0. The highest BCUT2D eigenvalue weighted by Gasteiger charge is 2.33. The maximum absolute atomic E-state index is 13.3. The van der Waals surface area contributed by atoms with Crippen molar-refractivity contribution in [1.29, 1.82) is 0 Å². The Morgan fingerprint density at radius 1 is 1.19 bits per heavy atom. The fraction of sp³-hybridized carbons (Fsp3) is 0.476. The zero-order valence-corrected chi connectivity index (χ0v) is 17.1. The van der Waals surface area contributed by atoms with Crippen molar-refractivity contribution in [1.82, 2.24) is 15.3 Å². The number of amides is 1. The van der Waals surface area contributed by atoms with Crippen LogP contribution >= 0.6 is 0 Å². The van der Waals surface area contributed by atoms with Gasteiger partial charge >= 0.3 is 6.18 Å². The maximum atomic E-state index is 13.3. The van der Waals surface area contributed by atoms with Crippen LogP contribution in [0.25, 0.3) is 0 Å². The minimum atomic E-state index is -4.48. The molecule has 166 valence electrons. The lowest BCUT2D eigenvalue weighted by molar-refractivity contribution is -0.138. The minimum Gasteiger partial charge on any atom is -0.351 e. The van der Waals surface area contributed by atoms with Gasteiger partial charge in [-0.15, -0.1) is 0 Å². The van der Waals surface area contributed by atoms with Crippen molar-refractivity contribution in [3.63, 3.8) is 0 Å². The molecule has 5 N–H and O–H groups in total. The standard InChI is InChI=1S/C21H25F3N6O/c1-11-6-7-12(10-13(11)21(22,23)24)27-18-17-16(8-9-26-19(17)31)29-20(30-18)28-15-5-3-2-4-14(15)25/h6-7,10,14-15H,2-5,8-9,25H2,1H3,(H,26,31)(H2,27,28,29,30)/t14-,15+/m0/s1. The minimum absolute atomic E-state index is 0.00766. The summed E-state index contributed by atoms with van der Waals surface area (Å²) in [7, 11) is 0. The summed E-state index contributed by atoms with van der Waals surface area (Å²) in [6.07, 6.45) is -0.0589. The number of carbonyl (C=O) groups excluding carboxylic acids is 1. The maximum Gasteiger partial charge on any atom is 0.416 e. The van der Waals surface area contributed by atoms with Gasteiger partial charge < -0.3 is 21.7 Å². The van der Waals surface area contributed by atoms with E-state index in [0.717, 1.165) is 31.7 Å². The molecule has 2 heterocycles. The van der Waals surface area contributed by atoms with Gasteiger partial charge in [0.1, 0.15) is 11.4 Å². The molecular weight excluding hydrogens is 409 g/mol. The Kier molecular flexibility index (Phi) is 5.74. The van der Waals surface area contributed by atoms with Gasteiger partial charge in [0.25, 0.3) is 5.91 Å². The molecule has 1 aliphatic heterocycles. The number of aryl methyl sites for hydroxylation is 1. The van der Waals surface area contributed by atoms with Crippen LogP contribution in [0.2, 0.25) is 0 Å². The van der Waals surface area contributed by atoms with Crippen LogP contribution in [0.5, 0.6) is 0 Å². The summed E-state index contributed by atoms with van der Waals surface area (Å²) in [6, 6.07) is 3.92. The van der Waals surface area contributed by atoms with E-state index in [2.05, 4.69) is 25.9 Å². The molecule has 2 atom stereocenters. The van der Waals surface area contributed by atoms with Crippen LogP contribution in [-0.4, -0.2) is 34.5 Å². The summed E-state index contributed by atoms with van der Waals surface area (Å²) in [5, 5.41) is 8.91. The summed E-state index contributed by atoms with van der Waals surface area (Å²) in [6.45, 7) is 1.84. The van der Waals surface area contributed by atoms with E-state index in [9.17, 15) is 18.0 Å². The van der Waals surface area contributed by atoms with E-state index < -0.39 is 11.7 Å². The number of nitrogens with two attached hydrogens (primary N) is 1. The fourth-order valence-electron chi connectivity index (χ4n) is 4.11. The Morgan fingerprint density at radius 2 is 1.97 bits per heavy atom. The molecule has 2 aliphatic rings. The lowest BCUT2D eigenvalue weighted by atomic mass is 9.91. The molecule has 2 aromatic rings. The Labute approximate surface area is 178 Å². The molecule has 0 spiro atoms. The number of benzene rings is 1. The molecule has 0 saturated heterocycles. The van der Waals surface area contributed by atoms with Crippen molar-refractivity contribution < 1.29 is 18.0 Å². The van der Waals surface area contributed by atoms with E-state index in [4.69, 9.17) is 5.73 Å². The van der Waals surface area contributed by atoms with Gasteiger partial charge in [-0.1, -0.05) is 18.9 Å². The molecule has 1 aromatic carbocycles. The van der Waals surface area contributed by atoms with Crippen LogP contribution in [0.1, 0.15) is 52.9 Å². The molecule has 1 amide bonds. The average molecular weight is 434 g/mol. The van der Waals surface area contributed by atoms with E-state index in [-0.39, 0.29) is 40.6 Å². The second-order valence-electron chi connectivity index (χ2n) is 8.08. The number of aromatic nitrogens is 2. The van der Waals surface area contributed by atoms with Crippen molar-refractivity contribution in [3.05, 3.63) is 40.6 Å². The third kappa shape index (κ3) is 4.58. The van der Waals surface area contributed by atoms with Gasteiger partial charge in [0.15, 0.2) is 0 Å². The summed E-state index contributed by atoms with van der Waals surface area (Å²) in [5.41, 5.74) is 6.59. The highest BCUT2D eigenvalue weighted by atomic mass is 19.4. The molecule has 10 heteroatoms. The molecule has 1 fully saturated rings. The van der Waals surface area contributed by atoms with Gasteiger partial charge in [-0.05, 0) is 37.5 Å². The molecule has 7 nitrogen and oxygen atoms in total. The molecule has 0 unspecified atom stereocenters. The van der Waals surface area contributed by atoms with Gasteiger partial charge in [-0.2, -0.15) is 18.2 Å². The van der Waals surface area contributed by atoms with Gasteiger partial charge in [0.2, 0.25) is 5.95 Å². The van der Waals surface area contributed by atoms with Gasteiger partial charge in [-0.25, -0.2) is 4.98 Å². The Morgan fingerprint density at radius 3 is 2.71 bits per heavy atom. The van der Waals surface area contributed by atoms with Gasteiger partial charge in [-0.3, -0.25) is 4.79 Å². The Bertz CT molecular complexity index is 994. The third-order valence-corrected chi connectivity index (χ3v) is 5.80. The van der Waals surface area contributed by atoms with Crippen LogP contribution in [0, 0.1) is 6.92 Å². The number of alkyl halides is 3. The second kappa shape index (κ2) is 8.33. The lowest BCUT2D eigenvalue weighted by Crippen LogP contribution is -2.43. The Hall–Kier alpha value is -2.88. The van der Waals surface area contributed by atoms with Gasteiger partial charge in [0.05, 0.1) is 11.3 Å². The Balaban J connectivity index is 1.70. The zero-order chi connectivity index (χ0) is 22.2. The van der Waals surface area contributed by atoms with Crippen LogP contribution in [0.4, 0.5) is 30.6 Å². The van der Waals surface area contributed by atoms with Crippen LogP contribution in [0.3, 0.4) is 0 Å². The molecule has 0 radical (unpaired) electrons. The number of fused-ring (bicyclic) bond motifs is 1. The first-order valence-corrected chi connectivity index (χ1v) is 10.4. The first-order chi connectivity index (χ1) is 14.7. The number of hydrogen-bond donors (Lipinski definition) is 4. The van der Waals surface area contributed by atoms with E-state index >= 15 is 0 Å². The first kappa shape index (κ1) is 21.4. The number of nitrogens with one attached hydrogen (secondary N) is 3. The van der Waals surface area contributed by atoms with Crippen molar-refractivity contribution >= 4 is 23.4 Å². The lowest BCUT2D eigenvalue weighted by Gasteiger charge is -2.30. The van der Waals surface area contributed by atoms with E-state index in [0.29, 0.717) is 24.6 Å². The summed E-state index contributed by atoms with van der Waals surface area (Å²) in [5.74, 6) is 0.139. The zero-order valence-electron chi connectivity index (χ0n) is 17.1. The normalized spacial score (nSPS) is 21.3. The van der Waals surface area contributed by atoms with E-state index in [1.807, 2.05) is 0 Å². The first-order valence-electron chi connectivity index (χ1n) is 10.4. The number of halogens is 3. The van der Waals surface area contributed by atoms with Crippen LogP contribution in [-0.2, 0) is 12.6 Å². The smallest absolute Gasteiger partial charge is 0.351 e. The van der Waals surface area contributed by atoms with Crippen LogP contribution in [0.15, 0.2) is 18.2 Å². The quantitative estimate of drug-likeness (QED) is 0.587. The average Bonchev–Trinajstić information content (AvgIpc) is 2.70. The SMILES string of the molecule is Cc1ccc(Nc2nc(N[C@@H]3CCCC[C@@H]3N)nc3c2C(=O)NCC3)cc1C(F)(F)F. The second-order valence-corrected chi connectivity index (χ2v) is 8.08. The van der Waals surface area contributed by atoms with Crippen molar-refractivity contribution in [3.8, 4) is 0 Å². The number of nitrogens with zero attached hydrogens (tertiary/aromatic N) is 2. The number of carbonyl (C=O) groups is 1. The van der Waals surface area contributed by atoms with Crippen molar-refractivity contribution in [2.75, 3.05) is 17.2 Å². The van der Waals surface area contributed by atoms with Crippen molar-refractivity contribution in [2.45, 2.75) is 57.3 Å². The highest BCUT2D eigenvalue weighted by molar-refractivity contribution is 6.01. The predicted octanol–water partition coefficient (Wildman–Crippen LogP) is 3.52. The van der Waals surface area contributed by atoms with E-state index in [1.54, 1.807) is 0 Å². The summed E-state index contributed by atoms with van der Waals surface area (Å²) in [4.78, 5) is 21.4. The third-order valence-electron chi connectivity index (χ3n) is 5.80. The number of hydrogen-bond acceptors (Lipinski definition) is 6. The molecular formula is C21H25F3N6O. The van der Waals surface area contributed by atoms with Crippen molar-refractivity contribution in [2.24, 2.45) is 5.73 Å². The van der Waals surface area contributed by atoms with E-state index in [1.165, 1.54) is 19.1 Å². The predicted molar refractivity (Wildman–Crippen MR) is 111 cm³/mol. The number of rotatable bonds is 4. The van der Waals surface area contributed by atoms with Crippen LogP contribution < -0.4 is 21.7 Å². The molecule has 0 bridgehead atoms. The molecule has 1 aliphatic carbocycles. The topological polar surface area (TPSA) is 105 Å². The molecule has 1 aromatic heterocycles. The highest BCUT2D eigenvalue weighted by Crippen LogP contribution is 2.35. The monoisotopic (exact) mass is 434 g/mol. The fourth-order valence-corrected chi connectivity index (χ4v) is 4.11. The number of anilines is 3. The molecule has 4 rings (SSSR count). The van der Waals surface area contributed by atoms with Gasteiger partial charge in [0, 0.05) is 30.7 Å². The molecule has 31 heavy (non-hydrogen) atoms. The molecule has 1 saturated carbocycles. The summed E-state index contributed by atoms with van der Waals surface area (Å²) < 4.78 is 40.0.